The summed E-state index contributed by atoms with van der Waals surface area (Å²) in [7, 11) is 0. The molecule has 1 N–H and O–H groups in total. The van der Waals surface area contributed by atoms with E-state index >= 15 is 0 Å². The molecule has 1 aromatic heterocycles. The van der Waals surface area contributed by atoms with Gasteiger partial charge in [-0.2, -0.15) is 0 Å². The molecule has 1 atom stereocenters. The second-order valence-corrected chi connectivity index (χ2v) is 6.19. The summed E-state index contributed by atoms with van der Waals surface area (Å²) in [5, 5.41) is 3.77. The van der Waals surface area contributed by atoms with Gasteiger partial charge in [-0.25, -0.2) is 4.98 Å². The van der Waals surface area contributed by atoms with Crippen LogP contribution in [0.5, 0.6) is 0 Å². The summed E-state index contributed by atoms with van der Waals surface area (Å²) in [6, 6.07) is 1.12. The van der Waals surface area contributed by atoms with E-state index in [2.05, 4.69) is 36.0 Å². The van der Waals surface area contributed by atoms with Crippen molar-refractivity contribution in [3.05, 3.63) is 16.1 Å². The van der Waals surface area contributed by atoms with Crippen molar-refractivity contribution >= 4 is 11.3 Å². The number of thiazole rings is 1. The van der Waals surface area contributed by atoms with Crippen LogP contribution >= 0.6 is 11.3 Å². The summed E-state index contributed by atoms with van der Waals surface area (Å²) in [6.07, 6.45) is 3.83. The molecular formula is C14H25N3S. The molecule has 0 aromatic carbocycles. The largest absolute Gasteiger partial charge is 0.307 e. The van der Waals surface area contributed by atoms with Crippen LogP contribution < -0.4 is 5.32 Å². The molecule has 4 heteroatoms. The second kappa shape index (κ2) is 6.64. The molecule has 2 heterocycles. The zero-order chi connectivity index (χ0) is 13.0. The Morgan fingerprint density at radius 3 is 2.78 bits per heavy atom. The first-order chi connectivity index (χ1) is 8.70. The first-order valence-electron chi connectivity index (χ1n) is 7.09. The van der Waals surface area contributed by atoms with Crippen molar-refractivity contribution in [3.63, 3.8) is 0 Å². The highest BCUT2D eigenvalue weighted by molar-refractivity contribution is 7.09. The molecule has 1 unspecified atom stereocenters. The van der Waals surface area contributed by atoms with Crippen LogP contribution in [-0.2, 0) is 0 Å². The Kier molecular flexibility index (Phi) is 5.15. The second-order valence-electron chi connectivity index (χ2n) is 5.31. The van der Waals surface area contributed by atoms with E-state index in [1.54, 1.807) is 11.3 Å². The molecule has 1 aliphatic heterocycles. The van der Waals surface area contributed by atoms with Gasteiger partial charge in [0.1, 0.15) is 0 Å². The van der Waals surface area contributed by atoms with E-state index < -0.39 is 0 Å². The zero-order valence-electron chi connectivity index (χ0n) is 11.8. The summed E-state index contributed by atoms with van der Waals surface area (Å²) in [6.45, 7) is 10.4. The van der Waals surface area contributed by atoms with Crippen molar-refractivity contribution in [1.29, 1.82) is 0 Å². The maximum Gasteiger partial charge on any atom is 0.0798 e. The monoisotopic (exact) mass is 267 g/mol. The highest BCUT2D eigenvalue weighted by Gasteiger charge is 2.21. The molecule has 0 bridgehead atoms. The number of piperidine rings is 1. The maximum absolute atomic E-state index is 4.34. The number of nitrogens with zero attached hydrogens (tertiary/aromatic N) is 2. The summed E-state index contributed by atoms with van der Waals surface area (Å²) < 4.78 is 0. The molecule has 1 aliphatic rings. The SMILES string of the molecule is CCCN1CCC(NC(C)c2scnc2C)CC1. The molecule has 0 aliphatic carbocycles. The Morgan fingerprint density at radius 2 is 2.22 bits per heavy atom. The lowest BCUT2D eigenvalue weighted by atomic mass is 10.0. The van der Waals surface area contributed by atoms with Crippen molar-refractivity contribution in [2.45, 2.75) is 52.1 Å². The van der Waals surface area contributed by atoms with Gasteiger partial charge in [0.2, 0.25) is 0 Å². The first kappa shape index (κ1) is 14.0. The lowest BCUT2D eigenvalue weighted by Gasteiger charge is -2.33. The molecule has 0 amide bonds. The first-order valence-corrected chi connectivity index (χ1v) is 7.97. The Hall–Kier alpha value is -0.450. The molecule has 1 fully saturated rings. The minimum atomic E-state index is 0.445. The molecule has 102 valence electrons. The minimum Gasteiger partial charge on any atom is -0.307 e. The van der Waals surface area contributed by atoms with Gasteiger partial charge >= 0.3 is 0 Å². The third-order valence-corrected chi connectivity index (χ3v) is 4.90. The van der Waals surface area contributed by atoms with Crippen LogP contribution in [0.25, 0.3) is 0 Å². The average molecular weight is 267 g/mol. The van der Waals surface area contributed by atoms with Gasteiger partial charge < -0.3 is 10.2 Å². The molecule has 18 heavy (non-hydrogen) atoms. The zero-order valence-corrected chi connectivity index (χ0v) is 12.6. The van der Waals surface area contributed by atoms with Gasteiger partial charge in [0.15, 0.2) is 0 Å². The average Bonchev–Trinajstić information content (AvgIpc) is 2.78. The molecule has 0 saturated carbocycles. The standard InChI is InChI=1S/C14H25N3S/c1-4-7-17-8-5-13(6-9-17)16-12(3)14-11(2)15-10-18-14/h10,12-13,16H,4-9H2,1-3H3. The molecule has 0 spiro atoms. The van der Waals surface area contributed by atoms with Crippen molar-refractivity contribution in [2.24, 2.45) is 0 Å². The quantitative estimate of drug-likeness (QED) is 0.889. The number of hydrogen-bond donors (Lipinski definition) is 1. The number of hydrogen-bond acceptors (Lipinski definition) is 4. The van der Waals surface area contributed by atoms with E-state index in [0.717, 1.165) is 0 Å². The van der Waals surface area contributed by atoms with Crippen molar-refractivity contribution in [3.8, 4) is 0 Å². The number of aromatic nitrogens is 1. The molecule has 2 rings (SSSR count). The van der Waals surface area contributed by atoms with Gasteiger partial charge in [0, 0.05) is 17.0 Å². The van der Waals surface area contributed by atoms with E-state index in [-0.39, 0.29) is 0 Å². The van der Waals surface area contributed by atoms with Crippen molar-refractivity contribution in [1.82, 2.24) is 15.2 Å². The van der Waals surface area contributed by atoms with Crippen LogP contribution in [0, 0.1) is 6.92 Å². The number of aryl methyl sites for hydroxylation is 1. The smallest absolute Gasteiger partial charge is 0.0798 e. The summed E-state index contributed by atoms with van der Waals surface area (Å²) in [4.78, 5) is 8.32. The van der Waals surface area contributed by atoms with E-state index in [4.69, 9.17) is 0 Å². The maximum atomic E-state index is 4.34. The van der Waals surface area contributed by atoms with Gasteiger partial charge in [-0.1, -0.05) is 6.92 Å². The Balaban J connectivity index is 1.79. The third kappa shape index (κ3) is 3.53. The molecule has 3 nitrogen and oxygen atoms in total. The topological polar surface area (TPSA) is 28.2 Å². The lowest BCUT2D eigenvalue weighted by molar-refractivity contribution is 0.192. The third-order valence-electron chi connectivity index (χ3n) is 3.79. The molecular weight excluding hydrogens is 242 g/mol. The fraction of sp³-hybridized carbons (Fsp3) is 0.786. The van der Waals surface area contributed by atoms with Crippen LogP contribution in [0.4, 0.5) is 0 Å². The fourth-order valence-electron chi connectivity index (χ4n) is 2.80. The number of rotatable bonds is 5. The Morgan fingerprint density at radius 1 is 1.50 bits per heavy atom. The highest BCUT2D eigenvalue weighted by Crippen LogP contribution is 2.23. The van der Waals surface area contributed by atoms with Gasteiger partial charge in [-0.15, -0.1) is 11.3 Å². The van der Waals surface area contributed by atoms with Crippen molar-refractivity contribution < 1.29 is 0 Å². The van der Waals surface area contributed by atoms with Gasteiger partial charge in [0.05, 0.1) is 11.2 Å². The van der Waals surface area contributed by atoms with Crippen molar-refractivity contribution in [2.75, 3.05) is 19.6 Å². The van der Waals surface area contributed by atoms with Crippen LogP contribution in [0.1, 0.15) is 49.7 Å². The van der Waals surface area contributed by atoms with Crippen LogP contribution in [0.15, 0.2) is 5.51 Å². The predicted octanol–water partition coefficient (Wildman–Crippen LogP) is 2.98. The number of nitrogens with one attached hydrogen (secondary N) is 1. The Labute approximate surface area is 115 Å². The summed E-state index contributed by atoms with van der Waals surface area (Å²) >= 11 is 1.77. The van der Waals surface area contributed by atoms with Gasteiger partial charge in [0.25, 0.3) is 0 Å². The van der Waals surface area contributed by atoms with E-state index in [1.165, 1.54) is 49.5 Å². The van der Waals surface area contributed by atoms with E-state index in [9.17, 15) is 0 Å². The van der Waals surface area contributed by atoms with Crippen LogP contribution in [0.2, 0.25) is 0 Å². The minimum absolute atomic E-state index is 0.445. The lowest BCUT2D eigenvalue weighted by Crippen LogP contribution is -2.43. The highest BCUT2D eigenvalue weighted by atomic mass is 32.1. The normalized spacial score (nSPS) is 20.2. The van der Waals surface area contributed by atoms with E-state index in [1.807, 2.05) is 5.51 Å². The summed E-state index contributed by atoms with van der Waals surface area (Å²) in [5.74, 6) is 0. The molecule has 1 aromatic rings. The van der Waals surface area contributed by atoms with Crippen LogP contribution in [0.3, 0.4) is 0 Å². The molecule has 1 saturated heterocycles. The van der Waals surface area contributed by atoms with Gasteiger partial charge in [-0.05, 0) is 52.7 Å². The predicted molar refractivity (Wildman–Crippen MR) is 78.2 cm³/mol. The Bertz CT molecular complexity index is 356. The number of likely N-dealkylation sites (tertiary alicyclic amines) is 1. The summed E-state index contributed by atoms with van der Waals surface area (Å²) in [5.41, 5.74) is 3.13. The van der Waals surface area contributed by atoms with Crippen LogP contribution in [-0.4, -0.2) is 35.6 Å². The van der Waals surface area contributed by atoms with Gasteiger partial charge in [-0.3, -0.25) is 0 Å². The fourth-order valence-corrected chi connectivity index (χ4v) is 3.61. The molecule has 0 radical (unpaired) electrons. The van der Waals surface area contributed by atoms with E-state index in [0.29, 0.717) is 12.1 Å².